The van der Waals surface area contributed by atoms with Crippen molar-refractivity contribution in [3.05, 3.63) is 174 Å². The zero-order valence-electron chi connectivity index (χ0n) is 22.9. The van der Waals surface area contributed by atoms with E-state index in [-0.39, 0.29) is 5.41 Å². The van der Waals surface area contributed by atoms with Gasteiger partial charge < -0.3 is 4.57 Å². The van der Waals surface area contributed by atoms with E-state index in [1.165, 1.54) is 82.8 Å². The molecule has 1 heteroatoms. The second-order valence-corrected chi connectivity index (χ2v) is 11.7. The van der Waals surface area contributed by atoms with Gasteiger partial charge >= 0.3 is 0 Å². The molecule has 1 heterocycles. The number of hydrogen-bond acceptors (Lipinski definition) is 0. The molecule has 8 aromatic rings. The van der Waals surface area contributed by atoms with Gasteiger partial charge in [-0.3, -0.25) is 0 Å². The van der Waals surface area contributed by atoms with E-state index in [2.05, 4.69) is 156 Å². The first-order chi connectivity index (χ1) is 20.9. The largest absolute Gasteiger partial charge is 0.309 e. The third kappa shape index (κ3) is 2.56. The summed E-state index contributed by atoms with van der Waals surface area (Å²) in [5.74, 6) is 0. The van der Waals surface area contributed by atoms with Crippen LogP contribution in [0.4, 0.5) is 0 Å². The molecular formula is C41H25N. The first kappa shape index (κ1) is 22.3. The lowest BCUT2D eigenvalue weighted by atomic mass is 9.70. The summed E-state index contributed by atoms with van der Waals surface area (Å²) < 4.78 is 2.45. The zero-order chi connectivity index (χ0) is 27.4. The summed E-state index contributed by atoms with van der Waals surface area (Å²) >= 11 is 0. The van der Waals surface area contributed by atoms with Crippen molar-refractivity contribution in [2.24, 2.45) is 0 Å². The van der Waals surface area contributed by atoms with Crippen LogP contribution in [0.5, 0.6) is 0 Å². The van der Waals surface area contributed by atoms with Crippen LogP contribution in [-0.4, -0.2) is 4.57 Å². The van der Waals surface area contributed by atoms with Crippen LogP contribution in [0.1, 0.15) is 22.3 Å². The summed E-state index contributed by atoms with van der Waals surface area (Å²) in [6.45, 7) is 0. The van der Waals surface area contributed by atoms with Crippen molar-refractivity contribution in [2.75, 3.05) is 0 Å². The van der Waals surface area contributed by atoms with Gasteiger partial charge in [0.2, 0.25) is 0 Å². The molecule has 0 saturated heterocycles. The Morgan fingerprint density at radius 2 is 0.952 bits per heavy atom. The van der Waals surface area contributed by atoms with Crippen LogP contribution < -0.4 is 0 Å². The minimum Gasteiger partial charge on any atom is -0.309 e. The zero-order valence-corrected chi connectivity index (χ0v) is 22.9. The Morgan fingerprint density at radius 1 is 0.381 bits per heavy atom. The minimum atomic E-state index is -0.378. The van der Waals surface area contributed by atoms with Crippen molar-refractivity contribution in [1.82, 2.24) is 4.57 Å². The van der Waals surface area contributed by atoms with E-state index in [1.807, 2.05) is 0 Å². The quantitative estimate of drug-likeness (QED) is 0.199. The highest BCUT2D eigenvalue weighted by molar-refractivity contribution is 6.10. The lowest BCUT2D eigenvalue weighted by Crippen LogP contribution is -2.26. The molecule has 0 unspecified atom stereocenters. The van der Waals surface area contributed by atoms with E-state index in [0.29, 0.717) is 0 Å². The van der Waals surface area contributed by atoms with E-state index < -0.39 is 0 Å². The standard InChI is InChI=1S/C41H25N/c1-2-12-28-26(11-1)21-24-36-40(28)33-23-22-27(42-38-19-9-5-15-31(38)32-16-6-10-20-39(32)42)25-37(33)41(36)34-17-7-3-13-29(34)30-14-4-8-18-35(30)41/h1-25H. The minimum absolute atomic E-state index is 0.378. The van der Waals surface area contributed by atoms with Crippen LogP contribution in [0.2, 0.25) is 0 Å². The maximum Gasteiger partial charge on any atom is 0.0726 e. The fraction of sp³-hybridized carbons (Fsp3) is 0.0244. The molecular weight excluding hydrogens is 506 g/mol. The SMILES string of the molecule is c1ccc2c(c1)-c1ccccc1C21c2cc(-n3c4ccccc4c4ccccc43)ccc2-c2c1ccc1ccccc21. The molecule has 0 saturated carbocycles. The van der Waals surface area contributed by atoms with Gasteiger partial charge in [0.1, 0.15) is 0 Å². The fourth-order valence-corrected chi connectivity index (χ4v) is 8.23. The molecule has 194 valence electrons. The smallest absolute Gasteiger partial charge is 0.0726 e. The van der Waals surface area contributed by atoms with Gasteiger partial charge in [0.25, 0.3) is 0 Å². The molecule has 0 bridgehead atoms. The molecule has 1 aromatic heterocycles. The molecule has 0 aliphatic heterocycles. The Hall–Kier alpha value is -5.40. The third-order valence-electron chi connectivity index (χ3n) is 9.80. The van der Waals surface area contributed by atoms with Crippen LogP contribution in [0, 0.1) is 0 Å². The highest BCUT2D eigenvalue weighted by Crippen LogP contribution is 2.64. The van der Waals surface area contributed by atoms with Gasteiger partial charge in [-0.1, -0.05) is 127 Å². The van der Waals surface area contributed by atoms with E-state index in [4.69, 9.17) is 0 Å². The Bertz CT molecular complexity index is 2320. The number of rotatable bonds is 1. The predicted molar refractivity (Wildman–Crippen MR) is 175 cm³/mol. The van der Waals surface area contributed by atoms with Crippen molar-refractivity contribution >= 4 is 32.6 Å². The summed E-state index contributed by atoms with van der Waals surface area (Å²) in [5.41, 5.74) is 14.2. The molecule has 0 fully saturated rings. The second-order valence-electron chi connectivity index (χ2n) is 11.7. The van der Waals surface area contributed by atoms with Crippen molar-refractivity contribution in [2.45, 2.75) is 5.41 Å². The normalized spacial score (nSPS) is 13.9. The van der Waals surface area contributed by atoms with Crippen molar-refractivity contribution in [1.29, 1.82) is 0 Å². The molecule has 2 aliphatic carbocycles. The van der Waals surface area contributed by atoms with Gasteiger partial charge in [0, 0.05) is 16.5 Å². The molecule has 0 radical (unpaired) electrons. The van der Waals surface area contributed by atoms with Gasteiger partial charge in [0.05, 0.1) is 16.4 Å². The lowest BCUT2D eigenvalue weighted by molar-refractivity contribution is 0.793. The number of para-hydroxylation sites is 2. The molecule has 2 aliphatic rings. The summed E-state index contributed by atoms with van der Waals surface area (Å²) in [6.07, 6.45) is 0. The monoisotopic (exact) mass is 531 g/mol. The van der Waals surface area contributed by atoms with Gasteiger partial charge in [-0.2, -0.15) is 0 Å². The Kier molecular flexibility index (Phi) is 4.18. The highest BCUT2D eigenvalue weighted by atomic mass is 15.0. The van der Waals surface area contributed by atoms with Crippen molar-refractivity contribution in [3.63, 3.8) is 0 Å². The average molecular weight is 532 g/mol. The molecule has 0 N–H and O–H groups in total. The Labute approximate surface area is 243 Å². The molecule has 1 spiro atoms. The fourth-order valence-electron chi connectivity index (χ4n) is 8.23. The molecule has 1 nitrogen and oxygen atoms in total. The van der Waals surface area contributed by atoms with Crippen molar-refractivity contribution in [3.8, 4) is 27.9 Å². The number of nitrogens with zero attached hydrogens (tertiary/aromatic N) is 1. The number of benzene rings is 7. The highest BCUT2D eigenvalue weighted by Gasteiger charge is 2.52. The van der Waals surface area contributed by atoms with Crippen LogP contribution in [0.25, 0.3) is 60.5 Å². The van der Waals surface area contributed by atoms with Gasteiger partial charge in [0.15, 0.2) is 0 Å². The maximum atomic E-state index is 2.49. The predicted octanol–water partition coefficient (Wildman–Crippen LogP) is 10.3. The first-order valence-corrected chi connectivity index (χ1v) is 14.7. The number of aromatic nitrogens is 1. The van der Waals surface area contributed by atoms with E-state index in [1.54, 1.807) is 0 Å². The summed E-state index contributed by atoms with van der Waals surface area (Å²) in [5, 5.41) is 5.17. The number of hydrogen-bond donors (Lipinski definition) is 0. The van der Waals surface area contributed by atoms with Gasteiger partial charge in [-0.05, 0) is 79.5 Å². The second kappa shape index (κ2) is 7.87. The van der Waals surface area contributed by atoms with Gasteiger partial charge in [-0.15, -0.1) is 0 Å². The Morgan fingerprint density at radius 3 is 1.64 bits per heavy atom. The summed E-state index contributed by atoms with van der Waals surface area (Å²) in [4.78, 5) is 0. The van der Waals surface area contributed by atoms with Gasteiger partial charge in [-0.25, -0.2) is 0 Å². The van der Waals surface area contributed by atoms with Crippen LogP contribution >= 0.6 is 0 Å². The molecule has 0 atom stereocenters. The van der Waals surface area contributed by atoms with E-state index in [9.17, 15) is 0 Å². The first-order valence-electron chi connectivity index (χ1n) is 14.7. The topological polar surface area (TPSA) is 4.93 Å². The summed E-state index contributed by atoms with van der Waals surface area (Å²) in [6, 6.07) is 56.5. The average Bonchev–Trinajstić information content (AvgIpc) is 3.66. The Balaban J connectivity index is 1.39. The maximum absolute atomic E-state index is 2.49. The third-order valence-corrected chi connectivity index (χ3v) is 9.80. The summed E-state index contributed by atoms with van der Waals surface area (Å²) in [7, 11) is 0. The lowest BCUT2D eigenvalue weighted by Gasteiger charge is -2.31. The van der Waals surface area contributed by atoms with Crippen molar-refractivity contribution < 1.29 is 0 Å². The molecule has 0 amide bonds. The molecule has 10 rings (SSSR count). The van der Waals surface area contributed by atoms with Crippen LogP contribution in [0.3, 0.4) is 0 Å². The molecule has 42 heavy (non-hydrogen) atoms. The van der Waals surface area contributed by atoms with E-state index >= 15 is 0 Å². The van der Waals surface area contributed by atoms with Crippen LogP contribution in [-0.2, 0) is 5.41 Å². The van der Waals surface area contributed by atoms with E-state index in [0.717, 1.165) is 0 Å². The number of fused-ring (bicyclic) bond motifs is 15. The molecule has 7 aromatic carbocycles. The van der Waals surface area contributed by atoms with Crippen LogP contribution in [0.15, 0.2) is 152 Å².